The Hall–Kier alpha value is -2.69. The van der Waals surface area contributed by atoms with Crippen molar-refractivity contribution < 1.29 is 4.79 Å². The van der Waals surface area contributed by atoms with Gasteiger partial charge in [0.1, 0.15) is 18.2 Å². The topological polar surface area (TPSA) is 59.8 Å². The summed E-state index contributed by atoms with van der Waals surface area (Å²) < 4.78 is 1.96. The molecule has 1 amide bonds. The first-order valence-electron chi connectivity index (χ1n) is 7.35. The van der Waals surface area contributed by atoms with Crippen molar-refractivity contribution in [2.75, 3.05) is 5.32 Å². The summed E-state index contributed by atoms with van der Waals surface area (Å²) in [6, 6.07) is 13.4. The summed E-state index contributed by atoms with van der Waals surface area (Å²) in [4.78, 5) is 21.2. The molecule has 2 aromatic heterocycles. The largest absolute Gasteiger partial charge is 0.318 e. The van der Waals surface area contributed by atoms with Gasteiger partial charge in [0.05, 0.1) is 11.0 Å². The highest BCUT2D eigenvalue weighted by Crippen LogP contribution is 2.16. The summed E-state index contributed by atoms with van der Waals surface area (Å²) in [6.07, 6.45) is 0.782. The van der Waals surface area contributed by atoms with Crippen LogP contribution in [-0.2, 0) is 17.8 Å². The summed E-state index contributed by atoms with van der Waals surface area (Å²) in [5.41, 5.74) is 2.77. The molecule has 1 N–H and O–H groups in total. The molecule has 112 valence electrons. The first kappa shape index (κ1) is 14.3. The van der Waals surface area contributed by atoms with Gasteiger partial charge in [-0.3, -0.25) is 4.79 Å². The number of aryl methyl sites for hydroxylation is 2. The van der Waals surface area contributed by atoms with Crippen LogP contribution in [0.2, 0.25) is 0 Å². The van der Waals surface area contributed by atoms with Gasteiger partial charge in [0, 0.05) is 12.1 Å². The molecule has 2 heterocycles. The summed E-state index contributed by atoms with van der Waals surface area (Å²) in [5, 5.41) is 2.84. The zero-order valence-electron chi connectivity index (χ0n) is 12.7. The van der Waals surface area contributed by atoms with E-state index in [4.69, 9.17) is 0 Å². The highest BCUT2D eigenvalue weighted by molar-refractivity contribution is 5.90. The highest BCUT2D eigenvalue weighted by Gasteiger charge is 2.12. The molecule has 5 nitrogen and oxygen atoms in total. The summed E-state index contributed by atoms with van der Waals surface area (Å²) >= 11 is 0. The van der Waals surface area contributed by atoms with Gasteiger partial charge in [-0.05, 0) is 31.2 Å². The average molecular weight is 294 g/mol. The van der Waals surface area contributed by atoms with Crippen molar-refractivity contribution in [2.45, 2.75) is 26.8 Å². The molecule has 0 aliphatic heterocycles. The normalized spacial score (nSPS) is 10.8. The van der Waals surface area contributed by atoms with Crippen LogP contribution in [0, 0.1) is 6.92 Å². The summed E-state index contributed by atoms with van der Waals surface area (Å²) in [7, 11) is 0. The quantitative estimate of drug-likeness (QED) is 0.805. The number of fused-ring (bicyclic) bond motifs is 1. The van der Waals surface area contributed by atoms with Crippen molar-refractivity contribution in [2.24, 2.45) is 0 Å². The van der Waals surface area contributed by atoms with Crippen LogP contribution in [0.3, 0.4) is 0 Å². The number of para-hydroxylation sites is 2. The third-order valence-electron chi connectivity index (χ3n) is 3.51. The third-order valence-corrected chi connectivity index (χ3v) is 3.51. The molecule has 0 atom stereocenters. The van der Waals surface area contributed by atoms with Gasteiger partial charge in [-0.2, -0.15) is 0 Å². The lowest BCUT2D eigenvalue weighted by Crippen LogP contribution is -2.20. The molecule has 5 heteroatoms. The Balaban J connectivity index is 1.85. The number of imidazole rings is 1. The number of benzene rings is 1. The minimum atomic E-state index is -0.101. The molecule has 0 spiro atoms. The van der Waals surface area contributed by atoms with Crippen LogP contribution in [0.25, 0.3) is 11.0 Å². The minimum Gasteiger partial charge on any atom is -0.318 e. The van der Waals surface area contributed by atoms with Crippen molar-refractivity contribution in [3.8, 4) is 0 Å². The lowest BCUT2D eigenvalue weighted by atomic mass is 10.3. The van der Waals surface area contributed by atoms with Crippen molar-refractivity contribution in [3.05, 3.63) is 54.0 Å². The Morgan fingerprint density at radius 2 is 1.95 bits per heavy atom. The number of carbonyl (C=O) groups is 1. The number of pyridine rings is 1. The maximum atomic E-state index is 12.3. The van der Waals surface area contributed by atoms with Gasteiger partial charge < -0.3 is 9.88 Å². The molecule has 1 aromatic carbocycles. The number of nitrogens with one attached hydrogen (secondary N) is 1. The molecule has 0 saturated carbocycles. The Kier molecular flexibility index (Phi) is 3.87. The van der Waals surface area contributed by atoms with E-state index in [0.29, 0.717) is 5.82 Å². The molecule has 22 heavy (non-hydrogen) atoms. The average Bonchev–Trinajstić information content (AvgIpc) is 2.85. The van der Waals surface area contributed by atoms with Crippen molar-refractivity contribution >= 4 is 22.8 Å². The first-order chi connectivity index (χ1) is 10.7. The summed E-state index contributed by atoms with van der Waals surface area (Å²) in [6.45, 7) is 4.17. The fourth-order valence-electron chi connectivity index (χ4n) is 2.51. The molecule has 0 radical (unpaired) electrons. The van der Waals surface area contributed by atoms with Crippen LogP contribution < -0.4 is 5.32 Å². The number of amides is 1. The number of aromatic nitrogens is 3. The smallest absolute Gasteiger partial charge is 0.245 e. The number of hydrogen-bond acceptors (Lipinski definition) is 3. The van der Waals surface area contributed by atoms with E-state index in [1.54, 1.807) is 6.07 Å². The van der Waals surface area contributed by atoms with E-state index >= 15 is 0 Å². The van der Waals surface area contributed by atoms with E-state index in [0.717, 1.165) is 29.0 Å². The van der Waals surface area contributed by atoms with Gasteiger partial charge in [-0.15, -0.1) is 0 Å². The number of rotatable bonds is 4. The molecule has 0 fully saturated rings. The van der Waals surface area contributed by atoms with E-state index in [2.05, 4.69) is 15.3 Å². The molecule has 0 bridgehead atoms. The number of hydrogen-bond donors (Lipinski definition) is 1. The maximum Gasteiger partial charge on any atom is 0.245 e. The second-order valence-electron chi connectivity index (χ2n) is 5.17. The first-order valence-corrected chi connectivity index (χ1v) is 7.35. The Morgan fingerprint density at radius 3 is 2.73 bits per heavy atom. The zero-order valence-corrected chi connectivity index (χ0v) is 12.7. The lowest BCUT2D eigenvalue weighted by molar-refractivity contribution is -0.116. The number of anilines is 1. The van der Waals surface area contributed by atoms with Gasteiger partial charge in [0.2, 0.25) is 5.91 Å². The second kappa shape index (κ2) is 5.97. The molecular formula is C17H18N4O. The molecular weight excluding hydrogens is 276 g/mol. The van der Waals surface area contributed by atoms with Crippen LogP contribution in [0.15, 0.2) is 42.5 Å². The Labute approximate surface area is 129 Å². The number of carbonyl (C=O) groups excluding carboxylic acids is 1. The minimum absolute atomic E-state index is 0.101. The van der Waals surface area contributed by atoms with Gasteiger partial charge in [0.25, 0.3) is 0 Å². The monoisotopic (exact) mass is 294 g/mol. The molecule has 3 rings (SSSR count). The van der Waals surface area contributed by atoms with Crippen molar-refractivity contribution in [3.63, 3.8) is 0 Å². The van der Waals surface area contributed by atoms with E-state index in [9.17, 15) is 4.79 Å². The van der Waals surface area contributed by atoms with Crippen LogP contribution in [0.4, 0.5) is 5.82 Å². The van der Waals surface area contributed by atoms with E-state index in [1.807, 2.05) is 54.8 Å². The molecule has 0 aliphatic rings. The van der Waals surface area contributed by atoms with Crippen LogP contribution >= 0.6 is 0 Å². The lowest BCUT2D eigenvalue weighted by Gasteiger charge is -2.09. The van der Waals surface area contributed by atoms with E-state index in [1.165, 1.54) is 0 Å². The van der Waals surface area contributed by atoms with Crippen LogP contribution in [0.1, 0.15) is 18.4 Å². The van der Waals surface area contributed by atoms with Crippen LogP contribution in [0.5, 0.6) is 0 Å². The van der Waals surface area contributed by atoms with E-state index in [-0.39, 0.29) is 12.5 Å². The highest BCUT2D eigenvalue weighted by atomic mass is 16.2. The van der Waals surface area contributed by atoms with Gasteiger partial charge >= 0.3 is 0 Å². The third kappa shape index (κ3) is 2.83. The predicted octanol–water partition coefficient (Wildman–Crippen LogP) is 2.94. The van der Waals surface area contributed by atoms with Crippen LogP contribution in [-0.4, -0.2) is 20.4 Å². The zero-order chi connectivity index (χ0) is 15.5. The SMILES string of the molecule is CCc1nc2ccccc2n1CC(=O)Nc1cccc(C)n1. The maximum absolute atomic E-state index is 12.3. The Morgan fingerprint density at radius 1 is 1.14 bits per heavy atom. The van der Waals surface area contributed by atoms with Crippen molar-refractivity contribution in [1.82, 2.24) is 14.5 Å². The van der Waals surface area contributed by atoms with Crippen molar-refractivity contribution in [1.29, 1.82) is 0 Å². The molecule has 0 saturated heterocycles. The summed E-state index contributed by atoms with van der Waals surface area (Å²) in [5.74, 6) is 1.39. The molecule has 0 unspecified atom stereocenters. The standard InChI is InChI=1S/C17H18N4O/c1-3-16-19-13-8-4-5-9-14(13)21(16)11-17(22)20-15-10-6-7-12(2)18-15/h4-10H,3,11H2,1-2H3,(H,18,20,22). The molecule has 0 aliphatic carbocycles. The van der Waals surface area contributed by atoms with Gasteiger partial charge in [0.15, 0.2) is 0 Å². The molecule has 3 aromatic rings. The van der Waals surface area contributed by atoms with Gasteiger partial charge in [-0.1, -0.05) is 25.1 Å². The number of nitrogens with zero attached hydrogens (tertiary/aromatic N) is 3. The van der Waals surface area contributed by atoms with Gasteiger partial charge in [-0.25, -0.2) is 9.97 Å². The Bertz CT molecular complexity index is 822. The fraction of sp³-hybridized carbons (Fsp3) is 0.235. The van der Waals surface area contributed by atoms with E-state index < -0.39 is 0 Å². The second-order valence-corrected chi connectivity index (χ2v) is 5.17. The fourth-order valence-corrected chi connectivity index (χ4v) is 2.51. The predicted molar refractivity (Wildman–Crippen MR) is 86.7 cm³/mol.